The highest BCUT2D eigenvalue weighted by atomic mass is 32.2. The molecule has 0 radical (unpaired) electrons. The van der Waals surface area contributed by atoms with Gasteiger partial charge in [-0.05, 0) is 18.6 Å². The summed E-state index contributed by atoms with van der Waals surface area (Å²) in [6.45, 7) is 3.38. The number of allylic oxidation sites excluding steroid dienone is 1. The van der Waals surface area contributed by atoms with Gasteiger partial charge in [-0.1, -0.05) is 25.5 Å². The van der Waals surface area contributed by atoms with Gasteiger partial charge in [-0.25, -0.2) is 8.42 Å². The average Bonchev–Trinajstić information content (AvgIpc) is 2.41. The van der Waals surface area contributed by atoms with Crippen molar-refractivity contribution in [1.82, 2.24) is 4.31 Å². The van der Waals surface area contributed by atoms with Crippen LogP contribution in [0.5, 0.6) is 0 Å². The van der Waals surface area contributed by atoms with E-state index in [9.17, 15) is 18.3 Å². The van der Waals surface area contributed by atoms with Crippen LogP contribution in [-0.2, 0) is 14.8 Å². The first kappa shape index (κ1) is 14.6. The second-order valence-corrected chi connectivity index (χ2v) is 6.51. The molecule has 108 valence electrons. The van der Waals surface area contributed by atoms with Gasteiger partial charge in [0.25, 0.3) is 10.0 Å². The van der Waals surface area contributed by atoms with Gasteiger partial charge in [0, 0.05) is 19.0 Å². The van der Waals surface area contributed by atoms with Gasteiger partial charge >= 0.3 is 0 Å². The zero-order valence-electron chi connectivity index (χ0n) is 11.5. The topological polar surface area (TPSA) is 74.7 Å². The zero-order chi connectivity index (χ0) is 14.9. The summed E-state index contributed by atoms with van der Waals surface area (Å²) in [7, 11) is -3.79. The van der Waals surface area contributed by atoms with Crippen molar-refractivity contribution in [1.29, 1.82) is 0 Å². The Morgan fingerprint density at radius 2 is 1.95 bits per heavy atom. The van der Waals surface area contributed by atoms with Gasteiger partial charge in [0.2, 0.25) is 0 Å². The molecule has 0 spiro atoms. The molecular weight excluding hydrogens is 278 g/mol. The smallest absolute Gasteiger partial charge is 0.265 e. The Morgan fingerprint density at radius 3 is 2.55 bits per heavy atom. The fourth-order valence-corrected chi connectivity index (χ4v) is 4.00. The van der Waals surface area contributed by atoms with Crippen LogP contribution < -0.4 is 0 Å². The van der Waals surface area contributed by atoms with Gasteiger partial charge in [0.15, 0.2) is 11.5 Å². The molecule has 0 saturated heterocycles. The van der Waals surface area contributed by atoms with E-state index in [2.05, 4.69) is 0 Å². The quantitative estimate of drug-likeness (QED) is 0.925. The van der Waals surface area contributed by atoms with E-state index in [1.165, 1.54) is 19.1 Å². The number of aliphatic hydroxyl groups excluding tert-OH is 1. The van der Waals surface area contributed by atoms with Crippen molar-refractivity contribution >= 4 is 21.6 Å². The maximum absolute atomic E-state index is 12.6. The number of fused-ring (bicyclic) bond motifs is 1. The molecule has 6 heteroatoms. The number of carbonyl (C=O) groups excluding carboxylic acids is 1. The number of rotatable bonds is 4. The fraction of sp³-hybridized carbons (Fsp3) is 0.357. The Morgan fingerprint density at radius 1 is 1.30 bits per heavy atom. The van der Waals surface area contributed by atoms with Gasteiger partial charge in [0.05, 0.1) is 4.90 Å². The van der Waals surface area contributed by atoms with Gasteiger partial charge in [-0.3, -0.25) is 9.10 Å². The van der Waals surface area contributed by atoms with Crippen LogP contribution in [0.3, 0.4) is 0 Å². The number of carbonyl (C=O) groups is 1. The molecule has 1 heterocycles. The van der Waals surface area contributed by atoms with Crippen molar-refractivity contribution < 1.29 is 18.3 Å². The predicted octanol–water partition coefficient (Wildman–Crippen LogP) is 2.31. The summed E-state index contributed by atoms with van der Waals surface area (Å²) < 4.78 is 26.2. The molecule has 1 N–H and O–H groups in total. The molecule has 1 aromatic rings. The summed E-state index contributed by atoms with van der Waals surface area (Å²) in [6.07, 6.45) is 1.41. The molecule has 1 aromatic carbocycles. The standard InChI is InChI=1S/C14H17NO4S/c1-3-4-9-15-13(10(2)16)14(17)11-7-5-6-8-12(11)20(15,18)19/h5-8,17H,3-4,9H2,1-2H3. The molecule has 0 aliphatic carbocycles. The highest BCUT2D eigenvalue weighted by Crippen LogP contribution is 2.35. The summed E-state index contributed by atoms with van der Waals surface area (Å²) >= 11 is 0. The Bertz CT molecular complexity index is 676. The van der Waals surface area contributed by atoms with Crippen LogP contribution in [0, 0.1) is 0 Å². The van der Waals surface area contributed by atoms with Crippen LogP contribution >= 0.6 is 0 Å². The van der Waals surface area contributed by atoms with Gasteiger partial charge in [-0.15, -0.1) is 0 Å². The number of sulfonamides is 1. The number of Topliss-reactive ketones (excluding diaryl/α,β-unsaturated/α-hetero) is 1. The Balaban J connectivity index is 2.70. The van der Waals surface area contributed by atoms with E-state index in [4.69, 9.17) is 0 Å². The normalized spacial score (nSPS) is 17.0. The lowest BCUT2D eigenvalue weighted by Crippen LogP contribution is -2.38. The summed E-state index contributed by atoms with van der Waals surface area (Å²) in [6, 6.07) is 6.17. The van der Waals surface area contributed by atoms with Crippen molar-refractivity contribution in [3.8, 4) is 0 Å². The van der Waals surface area contributed by atoms with Crippen molar-refractivity contribution in [2.75, 3.05) is 6.54 Å². The zero-order valence-corrected chi connectivity index (χ0v) is 12.3. The number of aliphatic hydroxyl groups is 1. The minimum absolute atomic E-state index is 0.0404. The summed E-state index contributed by atoms with van der Waals surface area (Å²) in [4.78, 5) is 11.8. The van der Waals surface area contributed by atoms with Gasteiger partial charge in [0.1, 0.15) is 5.70 Å². The second-order valence-electron chi connectivity index (χ2n) is 4.68. The van der Waals surface area contributed by atoms with Crippen molar-refractivity contribution in [3.05, 3.63) is 35.5 Å². The first-order valence-corrected chi connectivity index (χ1v) is 7.91. The molecule has 0 aromatic heterocycles. The third-order valence-corrected chi connectivity index (χ3v) is 5.09. The molecule has 0 unspecified atom stereocenters. The molecule has 0 amide bonds. The number of benzene rings is 1. The second kappa shape index (κ2) is 5.28. The highest BCUT2D eigenvalue weighted by molar-refractivity contribution is 7.89. The Kier molecular flexibility index (Phi) is 3.85. The predicted molar refractivity (Wildman–Crippen MR) is 75.5 cm³/mol. The van der Waals surface area contributed by atoms with Crippen LogP contribution in [-0.4, -0.2) is 30.2 Å². The van der Waals surface area contributed by atoms with Crippen molar-refractivity contribution in [3.63, 3.8) is 0 Å². The molecule has 0 bridgehead atoms. The molecule has 0 atom stereocenters. The number of hydrogen-bond donors (Lipinski definition) is 1. The molecule has 1 aliphatic heterocycles. The van der Waals surface area contributed by atoms with Crippen LogP contribution in [0.4, 0.5) is 0 Å². The minimum Gasteiger partial charge on any atom is -0.505 e. The summed E-state index contributed by atoms with van der Waals surface area (Å²) in [5.74, 6) is -0.726. The van der Waals surface area contributed by atoms with Crippen molar-refractivity contribution in [2.45, 2.75) is 31.6 Å². The fourth-order valence-electron chi connectivity index (χ4n) is 2.25. The van der Waals surface area contributed by atoms with E-state index in [-0.39, 0.29) is 28.5 Å². The lowest BCUT2D eigenvalue weighted by atomic mass is 10.1. The largest absolute Gasteiger partial charge is 0.505 e. The Labute approximate surface area is 118 Å². The lowest BCUT2D eigenvalue weighted by Gasteiger charge is -2.31. The van der Waals surface area contributed by atoms with Crippen LogP contribution in [0.15, 0.2) is 34.9 Å². The van der Waals surface area contributed by atoms with E-state index < -0.39 is 15.8 Å². The maximum Gasteiger partial charge on any atom is 0.265 e. The highest BCUT2D eigenvalue weighted by Gasteiger charge is 2.38. The first-order valence-electron chi connectivity index (χ1n) is 6.47. The minimum atomic E-state index is -3.79. The van der Waals surface area contributed by atoms with E-state index in [0.29, 0.717) is 6.42 Å². The molecule has 1 aliphatic rings. The van der Waals surface area contributed by atoms with Crippen molar-refractivity contribution in [2.24, 2.45) is 0 Å². The molecule has 5 nitrogen and oxygen atoms in total. The number of unbranched alkanes of at least 4 members (excludes halogenated alkanes) is 1. The van der Waals surface area contributed by atoms with Gasteiger partial charge in [-0.2, -0.15) is 0 Å². The van der Waals surface area contributed by atoms with E-state index >= 15 is 0 Å². The van der Waals surface area contributed by atoms with Crippen LogP contribution in [0.25, 0.3) is 5.76 Å². The number of nitrogens with zero attached hydrogens (tertiary/aromatic N) is 1. The molecular formula is C14H17NO4S. The van der Waals surface area contributed by atoms with E-state index in [1.54, 1.807) is 12.1 Å². The van der Waals surface area contributed by atoms with E-state index in [1.807, 2.05) is 6.92 Å². The maximum atomic E-state index is 12.6. The first-order chi connectivity index (χ1) is 9.41. The van der Waals surface area contributed by atoms with Crippen LogP contribution in [0.2, 0.25) is 0 Å². The average molecular weight is 295 g/mol. The third kappa shape index (κ3) is 2.20. The Hall–Kier alpha value is -1.82. The lowest BCUT2D eigenvalue weighted by molar-refractivity contribution is -0.114. The third-order valence-electron chi connectivity index (χ3n) is 3.23. The number of ketones is 1. The van der Waals surface area contributed by atoms with Crippen LogP contribution in [0.1, 0.15) is 32.3 Å². The summed E-state index contributed by atoms with van der Waals surface area (Å²) in [5.41, 5.74) is 0.0441. The molecule has 20 heavy (non-hydrogen) atoms. The molecule has 0 saturated carbocycles. The SMILES string of the molecule is CCCCN1C(C(C)=O)=C(O)c2ccccc2S1(=O)=O. The number of hydrogen-bond acceptors (Lipinski definition) is 4. The van der Waals surface area contributed by atoms with E-state index in [0.717, 1.165) is 10.7 Å². The van der Waals surface area contributed by atoms with Gasteiger partial charge < -0.3 is 5.11 Å². The summed E-state index contributed by atoms with van der Waals surface area (Å²) in [5, 5.41) is 10.2. The molecule has 0 fully saturated rings. The monoisotopic (exact) mass is 295 g/mol. The molecule has 2 rings (SSSR count).